The number of benzene rings is 1. The van der Waals surface area contributed by atoms with E-state index < -0.39 is 6.10 Å². The van der Waals surface area contributed by atoms with Gasteiger partial charge in [-0.1, -0.05) is 25.1 Å². The molecule has 5 heteroatoms. The minimum Gasteiger partial charge on any atom is -0.389 e. The summed E-state index contributed by atoms with van der Waals surface area (Å²) >= 11 is 0. The lowest BCUT2D eigenvalue weighted by molar-refractivity contribution is 0.199. The number of aliphatic hydroxyl groups is 1. The van der Waals surface area contributed by atoms with Crippen LogP contribution in [0.25, 0.3) is 0 Å². The summed E-state index contributed by atoms with van der Waals surface area (Å²) in [6.07, 6.45) is 4.10. The lowest BCUT2D eigenvalue weighted by Gasteiger charge is -2.31. The van der Waals surface area contributed by atoms with Gasteiger partial charge in [-0.05, 0) is 56.2 Å². The molecule has 1 aliphatic carbocycles. The molecule has 0 spiro atoms. The van der Waals surface area contributed by atoms with Crippen LogP contribution in [-0.2, 0) is 13.0 Å². The van der Waals surface area contributed by atoms with Crippen molar-refractivity contribution in [3.05, 3.63) is 46.6 Å². The Morgan fingerprint density at radius 3 is 2.70 bits per heavy atom. The number of fused-ring (bicyclic) bond motifs is 1. The minimum absolute atomic E-state index is 0.369. The Kier molecular flexibility index (Phi) is 5.04. The molecule has 2 atom stereocenters. The average Bonchev–Trinajstić information content (AvgIpc) is 3.52. The predicted molar refractivity (Wildman–Crippen MR) is 109 cm³/mol. The first-order valence-electron chi connectivity index (χ1n) is 10.2. The van der Waals surface area contributed by atoms with Crippen molar-refractivity contribution >= 4 is 11.8 Å². The van der Waals surface area contributed by atoms with Crippen molar-refractivity contribution in [2.24, 2.45) is 0 Å². The highest BCUT2D eigenvalue weighted by Crippen LogP contribution is 2.40. The molecule has 5 nitrogen and oxygen atoms in total. The molecule has 4 rings (SSSR count). The Labute approximate surface area is 161 Å². The molecular formula is C22H30N4O. The number of rotatable bonds is 6. The summed E-state index contributed by atoms with van der Waals surface area (Å²) < 4.78 is 0. The summed E-state index contributed by atoms with van der Waals surface area (Å²) in [5.41, 5.74) is 4.86. The van der Waals surface area contributed by atoms with Crippen LogP contribution in [0.3, 0.4) is 0 Å². The molecule has 2 heterocycles. The molecule has 2 aliphatic rings. The van der Waals surface area contributed by atoms with Crippen molar-refractivity contribution in [3.63, 3.8) is 0 Å². The molecule has 144 valence electrons. The fourth-order valence-corrected chi connectivity index (χ4v) is 3.62. The molecule has 27 heavy (non-hydrogen) atoms. The molecule has 0 saturated heterocycles. The van der Waals surface area contributed by atoms with Gasteiger partial charge in [-0.3, -0.25) is 0 Å². The molecular weight excluding hydrogens is 336 g/mol. The third kappa shape index (κ3) is 4.08. The second kappa shape index (κ2) is 7.47. The number of nitrogens with one attached hydrogen (secondary N) is 1. The summed E-state index contributed by atoms with van der Waals surface area (Å²) in [7, 11) is 0. The van der Waals surface area contributed by atoms with Crippen LogP contribution in [-0.4, -0.2) is 27.7 Å². The van der Waals surface area contributed by atoms with Gasteiger partial charge in [0.2, 0.25) is 5.95 Å². The van der Waals surface area contributed by atoms with Gasteiger partial charge >= 0.3 is 0 Å². The summed E-state index contributed by atoms with van der Waals surface area (Å²) in [5, 5.41) is 13.3. The monoisotopic (exact) mass is 366 g/mol. The molecule has 0 amide bonds. The van der Waals surface area contributed by atoms with E-state index in [0.29, 0.717) is 12.0 Å². The maximum absolute atomic E-state index is 9.83. The van der Waals surface area contributed by atoms with Gasteiger partial charge in [0, 0.05) is 31.1 Å². The number of hydrogen-bond acceptors (Lipinski definition) is 5. The normalized spacial score (nSPS) is 18.7. The van der Waals surface area contributed by atoms with Crippen LogP contribution in [0.4, 0.5) is 11.8 Å². The third-order valence-corrected chi connectivity index (χ3v) is 5.76. The van der Waals surface area contributed by atoms with E-state index in [2.05, 4.69) is 42.3 Å². The Morgan fingerprint density at radius 1 is 1.19 bits per heavy atom. The van der Waals surface area contributed by atoms with Crippen LogP contribution < -0.4 is 10.2 Å². The van der Waals surface area contributed by atoms with E-state index in [9.17, 15) is 5.11 Å². The van der Waals surface area contributed by atoms with Crippen LogP contribution in [0.2, 0.25) is 0 Å². The Balaban J connectivity index is 1.59. The summed E-state index contributed by atoms with van der Waals surface area (Å²) in [5.74, 6) is 2.40. The summed E-state index contributed by atoms with van der Waals surface area (Å²) in [6.45, 7) is 7.97. The molecule has 2 aromatic rings. The second-order valence-corrected chi connectivity index (χ2v) is 8.08. The third-order valence-electron chi connectivity index (χ3n) is 5.76. The molecule has 0 radical (unpaired) electrons. The van der Waals surface area contributed by atoms with E-state index in [1.807, 2.05) is 13.0 Å². The van der Waals surface area contributed by atoms with E-state index >= 15 is 0 Å². The van der Waals surface area contributed by atoms with Gasteiger partial charge in [-0.2, -0.15) is 4.98 Å². The Hall–Kier alpha value is -2.14. The highest BCUT2D eigenvalue weighted by atomic mass is 16.3. The fourth-order valence-electron chi connectivity index (χ4n) is 3.62. The zero-order valence-corrected chi connectivity index (χ0v) is 16.6. The number of nitrogens with zero attached hydrogens (tertiary/aromatic N) is 3. The fraction of sp³-hybridized carbons (Fsp3) is 0.545. The topological polar surface area (TPSA) is 61.3 Å². The smallest absolute Gasteiger partial charge is 0.225 e. The van der Waals surface area contributed by atoms with Crippen LogP contribution in [0.1, 0.15) is 74.4 Å². The standard InChI is InChI=1S/C22H30N4O/c1-4-14(2)23-22-24-20(16-5-6-16)12-21(25-22)26-10-9-18-11-17(15(3)27)7-8-19(18)13-26/h7-8,11-12,14-16,27H,4-6,9-10,13H2,1-3H3,(H,23,24,25)/t14-,15-/m0/s1. The first-order valence-corrected chi connectivity index (χ1v) is 10.2. The quantitative estimate of drug-likeness (QED) is 0.803. The van der Waals surface area contributed by atoms with Gasteiger partial charge in [0.15, 0.2) is 0 Å². The zero-order chi connectivity index (χ0) is 19.0. The molecule has 1 aliphatic heterocycles. The zero-order valence-electron chi connectivity index (χ0n) is 16.6. The van der Waals surface area contributed by atoms with Crippen molar-refractivity contribution in [2.75, 3.05) is 16.8 Å². The highest BCUT2D eigenvalue weighted by Gasteiger charge is 2.28. The van der Waals surface area contributed by atoms with Crippen molar-refractivity contribution in [1.29, 1.82) is 0 Å². The first kappa shape index (κ1) is 18.2. The van der Waals surface area contributed by atoms with Gasteiger partial charge in [0.25, 0.3) is 0 Å². The van der Waals surface area contributed by atoms with Gasteiger partial charge in [-0.25, -0.2) is 4.98 Å². The van der Waals surface area contributed by atoms with E-state index in [0.717, 1.165) is 43.3 Å². The number of anilines is 2. The predicted octanol–water partition coefficient (Wildman–Crippen LogP) is 4.18. The summed E-state index contributed by atoms with van der Waals surface area (Å²) in [4.78, 5) is 12.0. The van der Waals surface area contributed by atoms with E-state index in [-0.39, 0.29) is 0 Å². The van der Waals surface area contributed by atoms with Crippen LogP contribution in [0.5, 0.6) is 0 Å². The van der Waals surface area contributed by atoms with Crippen LogP contribution in [0.15, 0.2) is 24.3 Å². The SMILES string of the molecule is CC[C@H](C)Nc1nc(C2CC2)cc(N2CCc3cc([C@H](C)O)ccc3C2)n1. The van der Waals surface area contributed by atoms with Crippen molar-refractivity contribution in [2.45, 2.75) is 71.1 Å². The van der Waals surface area contributed by atoms with Crippen molar-refractivity contribution in [3.8, 4) is 0 Å². The van der Waals surface area contributed by atoms with Gasteiger partial charge in [0.05, 0.1) is 11.8 Å². The highest BCUT2D eigenvalue weighted by molar-refractivity contribution is 5.50. The number of aromatic nitrogens is 2. The largest absolute Gasteiger partial charge is 0.389 e. The molecule has 1 aromatic heterocycles. The molecule has 0 bridgehead atoms. The second-order valence-electron chi connectivity index (χ2n) is 8.08. The van der Waals surface area contributed by atoms with Crippen LogP contribution in [0, 0.1) is 0 Å². The summed E-state index contributed by atoms with van der Waals surface area (Å²) in [6, 6.07) is 8.91. The molecule has 1 fully saturated rings. The van der Waals surface area contributed by atoms with Crippen molar-refractivity contribution < 1.29 is 5.11 Å². The molecule has 1 saturated carbocycles. The molecule has 2 N–H and O–H groups in total. The van der Waals surface area contributed by atoms with E-state index in [1.54, 1.807) is 0 Å². The Morgan fingerprint density at radius 2 is 2.00 bits per heavy atom. The van der Waals surface area contributed by atoms with E-state index in [1.165, 1.54) is 29.7 Å². The van der Waals surface area contributed by atoms with Gasteiger partial charge < -0.3 is 15.3 Å². The maximum atomic E-state index is 9.83. The number of aliphatic hydroxyl groups excluding tert-OH is 1. The minimum atomic E-state index is -0.412. The van der Waals surface area contributed by atoms with Crippen LogP contribution >= 0.6 is 0 Å². The Bertz CT molecular complexity index is 816. The lowest BCUT2D eigenvalue weighted by atomic mass is 9.96. The molecule has 0 unspecified atom stereocenters. The maximum Gasteiger partial charge on any atom is 0.225 e. The molecule has 1 aromatic carbocycles. The lowest BCUT2D eigenvalue weighted by Crippen LogP contribution is -2.31. The average molecular weight is 367 g/mol. The van der Waals surface area contributed by atoms with E-state index in [4.69, 9.17) is 9.97 Å². The van der Waals surface area contributed by atoms with Crippen molar-refractivity contribution in [1.82, 2.24) is 9.97 Å². The van der Waals surface area contributed by atoms with Gasteiger partial charge in [-0.15, -0.1) is 0 Å². The first-order chi connectivity index (χ1) is 13.0. The van der Waals surface area contributed by atoms with Gasteiger partial charge in [0.1, 0.15) is 5.82 Å². The number of hydrogen-bond donors (Lipinski definition) is 2.